The Morgan fingerprint density at radius 3 is 2.71 bits per heavy atom. The molecule has 1 fully saturated rings. The standard InChI is InChI=1S/C27H24BrClN4S/c1-17-11-20(28)13-23(29)26(17)32-27-19(14-30)15-31-24-12-18(5-7-22(24)27)25-8-6-21(34-25)16-33-9-3-2-4-10-33/h5-8,11-13,15H,2-4,9-10,16H2,1H3,(H,31,32). The van der Waals surface area contributed by atoms with Crippen molar-refractivity contribution < 1.29 is 0 Å². The Morgan fingerprint density at radius 1 is 1.12 bits per heavy atom. The minimum atomic E-state index is 0.485. The molecule has 0 amide bonds. The van der Waals surface area contributed by atoms with Gasteiger partial charge in [-0.2, -0.15) is 5.26 Å². The van der Waals surface area contributed by atoms with Crippen LogP contribution in [0.2, 0.25) is 5.02 Å². The number of rotatable bonds is 5. The van der Waals surface area contributed by atoms with Crippen LogP contribution in [-0.4, -0.2) is 23.0 Å². The largest absolute Gasteiger partial charge is 0.352 e. The molecule has 5 rings (SSSR count). The van der Waals surface area contributed by atoms with Gasteiger partial charge in [0.15, 0.2) is 0 Å². The molecule has 0 spiro atoms. The number of benzene rings is 2. The molecule has 1 saturated heterocycles. The maximum atomic E-state index is 9.74. The third-order valence-electron chi connectivity index (χ3n) is 6.27. The summed E-state index contributed by atoms with van der Waals surface area (Å²) < 4.78 is 0.917. The fourth-order valence-corrected chi connectivity index (χ4v) is 6.57. The molecule has 3 heterocycles. The number of pyridine rings is 1. The minimum Gasteiger partial charge on any atom is -0.352 e. The minimum absolute atomic E-state index is 0.485. The van der Waals surface area contributed by atoms with Crippen LogP contribution in [0.25, 0.3) is 21.3 Å². The van der Waals surface area contributed by atoms with Crippen molar-refractivity contribution in [3.8, 4) is 16.5 Å². The van der Waals surface area contributed by atoms with Crippen LogP contribution in [0.1, 0.15) is 35.3 Å². The molecule has 1 aliphatic rings. The Kier molecular flexibility index (Phi) is 6.89. The van der Waals surface area contributed by atoms with Crippen LogP contribution >= 0.6 is 38.9 Å². The van der Waals surface area contributed by atoms with Gasteiger partial charge in [0.2, 0.25) is 0 Å². The smallest absolute Gasteiger partial charge is 0.103 e. The van der Waals surface area contributed by atoms with Crippen molar-refractivity contribution in [1.82, 2.24) is 9.88 Å². The predicted octanol–water partition coefficient (Wildman–Crippen LogP) is 8.29. The number of nitriles is 1. The van der Waals surface area contributed by atoms with Crippen LogP contribution in [0, 0.1) is 18.3 Å². The van der Waals surface area contributed by atoms with E-state index < -0.39 is 0 Å². The second-order valence-corrected chi connectivity index (χ2v) is 11.2. The SMILES string of the molecule is Cc1cc(Br)cc(Cl)c1Nc1c(C#N)cnc2cc(-c3ccc(CN4CCCCC4)s3)ccc12. The number of thiophene rings is 1. The van der Waals surface area contributed by atoms with Crippen molar-refractivity contribution in [1.29, 1.82) is 5.26 Å². The topological polar surface area (TPSA) is 52.0 Å². The van der Waals surface area contributed by atoms with Crippen molar-refractivity contribution in [3.05, 3.63) is 74.2 Å². The first-order chi connectivity index (χ1) is 16.5. The molecule has 1 N–H and O–H groups in total. The quantitative estimate of drug-likeness (QED) is 0.271. The molecule has 0 radical (unpaired) electrons. The van der Waals surface area contributed by atoms with E-state index in [1.54, 1.807) is 6.20 Å². The van der Waals surface area contributed by atoms with Crippen LogP contribution in [0.15, 0.2) is 53.1 Å². The van der Waals surface area contributed by atoms with E-state index in [4.69, 9.17) is 11.6 Å². The summed E-state index contributed by atoms with van der Waals surface area (Å²) in [5.41, 5.74) is 4.98. The maximum absolute atomic E-state index is 9.74. The van der Waals surface area contributed by atoms with E-state index in [-0.39, 0.29) is 0 Å². The lowest BCUT2D eigenvalue weighted by Crippen LogP contribution is -2.28. The first-order valence-electron chi connectivity index (χ1n) is 11.4. The Hall–Kier alpha value is -2.43. The summed E-state index contributed by atoms with van der Waals surface area (Å²) in [5.74, 6) is 0. The Balaban J connectivity index is 1.48. The van der Waals surface area contributed by atoms with Crippen molar-refractivity contribution in [2.75, 3.05) is 18.4 Å². The van der Waals surface area contributed by atoms with E-state index in [9.17, 15) is 5.26 Å². The van der Waals surface area contributed by atoms with Gasteiger partial charge in [-0.25, -0.2) is 0 Å². The molecule has 1 aliphatic heterocycles. The van der Waals surface area contributed by atoms with Gasteiger partial charge < -0.3 is 5.32 Å². The van der Waals surface area contributed by atoms with Crippen LogP contribution in [-0.2, 0) is 6.54 Å². The summed E-state index contributed by atoms with van der Waals surface area (Å²) in [6.07, 6.45) is 5.60. The highest BCUT2D eigenvalue weighted by Crippen LogP contribution is 2.37. The highest BCUT2D eigenvalue weighted by Gasteiger charge is 2.15. The van der Waals surface area contributed by atoms with Crippen LogP contribution in [0.4, 0.5) is 11.4 Å². The Labute approximate surface area is 217 Å². The molecule has 0 unspecified atom stereocenters. The van der Waals surface area contributed by atoms with Crippen molar-refractivity contribution in [3.63, 3.8) is 0 Å². The lowest BCUT2D eigenvalue weighted by atomic mass is 10.1. The second kappa shape index (κ2) is 10.1. The number of aryl methyl sites for hydroxylation is 1. The van der Waals surface area contributed by atoms with Gasteiger partial charge >= 0.3 is 0 Å². The van der Waals surface area contributed by atoms with E-state index in [0.717, 1.165) is 44.4 Å². The summed E-state index contributed by atoms with van der Waals surface area (Å²) in [6.45, 7) is 5.42. The fourth-order valence-electron chi connectivity index (χ4n) is 4.51. The number of hydrogen-bond donors (Lipinski definition) is 1. The van der Waals surface area contributed by atoms with Crippen molar-refractivity contribution in [2.24, 2.45) is 0 Å². The van der Waals surface area contributed by atoms with Gasteiger partial charge in [-0.05, 0) is 74.3 Å². The summed E-state index contributed by atoms with van der Waals surface area (Å²) in [4.78, 5) is 9.78. The number of fused-ring (bicyclic) bond motifs is 1. The lowest BCUT2D eigenvalue weighted by molar-refractivity contribution is 0.222. The number of piperidine rings is 1. The van der Waals surface area contributed by atoms with Gasteiger partial charge in [-0.3, -0.25) is 9.88 Å². The van der Waals surface area contributed by atoms with E-state index >= 15 is 0 Å². The fraction of sp³-hybridized carbons (Fsp3) is 0.259. The number of aromatic nitrogens is 1. The number of halogens is 2. The molecule has 4 nitrogen and oxygen atoms in total. The Bertz CT molecular complexity index is 1380. The van der Waals surface area contributed by atoms with Crippen LogP contribution < -0.4 is 5.32 Å². The van der Waals surface area contributed by atoms with E-state index in [1.807, 2.05) is 36.5 Å². The first kappa shape index (κ1) is 23.3. The molecule has 7 heteroatoms. The third-order valence-corrected chi connectivity index (χ3v) is 8.14. The van der Waals surface area contributed by atoms with Gasteiger partial charge in [0.05, 0.1) is 27.5 Å². The molecule has 0 atom stereocenters. The monoisotopic (exact) mass is 550 g/mol. The zero-order valence-electron chi connectivity index (χ0n) is 18.9. The van der Waals surface area contributed by atoms with Crippen molar-refractivity contribution in [2.45, 2.75) is 32.7 Å². The number of anilines is 2. The van der Waals surface area contributed by atoms with Gasteiger partial charge in [0.1, 0.15) is 6.07 Å². The number of nitrogens with one attached hydrogen (secondary N) is 1. The molecule has 0 bridgehead atoms. The van der Waals surface area contributed by atoms with Gasteiger partial charge in [0, 0.05) is 32.4 Å². The van der Waals surface area contributed by atoms with Crippen LogP contribution in [0.5, 0.6) is 0 Å². The van der Waals surface area contributed by atoms with E-state index in [2.05, 4.69) is 61.5 Å². The average molecular weight is 552 g/mol. The normalized spacial score (nSPS) is 14.3. The molecular weight excluding hydrogens is 528 g/mol. The van der Waals surface area contributed by atoms with Crippen LogP contribution in [0.3, 0.4) is 0 Å². The zero-order chi connectivity index (χ0) is 23.7. The molecule has 4 aromatic rings. The molecular formula is C27H24BrClN4S. The highest BCUT2D eigenvalue weighted by molar-refractivity contribution is 9.10. The van der Waals surface area contributed by atoms with E-state index in [1.165, 1.54) is 42.1 Å². The summed E-state index contributed by atoms with van der Waals surface area (Å²) in [7, 11) is 0. The molecule has 172 valence electrons. The zero-order valence-corrected chi connectivity index (χ0v) is 22.0. The summed E-state index contributed by atoms with van der Waals surface area (Å²) in [5, 5.41) is 14.6. The molecule has 0 saturated carbocycles. The average Bonchev–Trinajstić information content (AvgIpc) is 3.30. The molecule has 34 heavy (non-hydrogen) atoms. The van der Waals surface area contributed by atoms with E-state index in [0.29, 0.717) is 10.6 Å². The second-order valence-electron chi connectivity index (χ2n) is 8.70. The number of nitrogens with zero attached hydrogens (tertiary/aromatic N) is 3. The number of likely N-dealkylation sites (tertiary alicyclic amines) is 1. The first-order valence-corrected chi connectivity index (χ1v) is 13.4. The van der Waals surface area contributed by atoms with Gasteiger partial charge in [-0.1, -0.05) is 46.1 Å². The third kappa shape index (κ3) is 4.85. The van der Waals surface area contributed by atoms with Gasteiger partial charge in [-0.15, -0.1) is 11.3 Å². The number of hydrogen-bond acceptors (Lipinski definition) is 5. The molecule has 2 aromatic heterocycles. The van der Waals surface area contributed by atoms with Crippen molar-refractivity contribution >= 4 is 61.1 Å². The van der Waals surface area contributed by atoms with Gasteiger partial charge in [0.25, 0.3) is 0 Å². The lowest BCUT2D eigenvalue weighted by Gasteiger charge is -2.25. The Morgan fingerprint density at radius 2 is 1.94 bits per heavy atom. The maximum Gasteiger partial charge on any atom is 0.103 e. The molecule has 2 aromatic carbocycles. The highest BCUT2D eigenvalue weighted by atomic mass is 79.9. The summed E-state index contributed by atoms with van der Waals surface area (Å²) >= 11 is 11.8. The molecule has 0 aliphatic carbocycles. The predicted molar refractivity (Wildman–Crippen MR) is 146 cm³/mol. The summed E-state index contributed by atoms with van der Waals surface area (Å²) in [6, 6.07) is 16.8.